The number of rotatable bonds is 7. The maximum absolute atomic E-state index is 12.7. The van der Waals surface area contributed by atoms with Crippen LogP contribution in [0.1, 0.15) is 62.0 Å². The normalized spacial score (nSPS) is 20.8. The van der Waals surface area contributed by atoms with E-state index in [0.717, 1.165) is 11.3 Å². The van der Waals surface area contributed by atoms with Gasteiger partial charge in [0.25, 0.3) is 5.91 Å². The van der Waals surface area contributed by atoms with Crippen LogP contribution in [-0.4, -0.2) is 52.8 Å². The van der Waals surface area contributed by atoms with Crippen molar-refractivity contribution in [3.63, 3.8) is 0 Å². The fraction of sp³-hybridized carbons (Fsp3) is 0.765. The average molecular weight is 339 g/mol. The zero-order valence-electron chi connectivity index (χ0n) is 15.3. The van der Waals surface area contributed by atoms with Gasteiger partial charge in [-0.2, -0.15) is 5.10 Å². The molecule has 0 spiro atoms. The lowest BCUT2D eigenvalue weighted by atomic mass is 9.99. The molecule has 0 saturated carbocycles. The minimum Gasteiger partial charge on any atom is -0.390 e. The second-order valence-electron chi connectivity index (χ2n) is 7.04. The summed E-state index contributed by atoms with van der Waals surface area (Å²) < 4.78 is 12.7. The molecule has 24 heavy (non-hydrogen) atoms. The molecule has 7 nitrogen and oxygen atoms in total. The first-order valence-electron chi connectivity index (χ1n) is 8.47. The van der Waals surface area contributed by atoms with Crippen LogP contribution in [-0.2, 0) is 22.4 Å². The number of hydrogen-bond donors (Lipinski definition) is 2. The minimum absolute atomic E-state index is 0.0514. The van der Waals surface area contributed by atoms with Crippen LogP contribution >= 0.6 is 0 Å². The van der Waals surface area contributed by atoms with Crippen LogP contribution in [0.5, 0.6) is 0 Å². The van der Waals surface area contributed by atoms with Gasteiger partial charge in [-0.25, -0.2) is 0 Å². The Labute approximate surface area is 143 Å². The van der Waals surface area contributed by atoms with E-state index in [-0.39, 0.29) is 18.1 Å². The van der Waals surface area contributed by atoms with Gasteiger partial charge in [0, 0.05) is 25.6 Å². The first kappa shape index (κ1) is 18.9. The fourth-order valence-electron chi connectivity index (χ4n) is 2.95. The molecule has 0 aliphatic carbocycles. The number of nitrogens with zero attached hydrogens (tertiary/aromatic N) is 2. The highest BCUT2D eigenvalue weighted by atomic mass is 16.5. The highest BCUT2D eigenvalue weighted by Crippen LogP contribution is 2.31. The third-order valence-corrected chi connectivity index (χ3v) is 4.14. The lowest BCUT2D eigenvalue weighted by molar-refractivity contribution is -0.00716. The summed E-state index contributed by atoms with van der Waals surface area (Å²) in [6.07, 6.45) is 1.08. The predicted molar refractivity (Wildman–Crippen MR) is 90.0 cm³/mol. The molecule has 7 heteroatoms. The molecule has 0 unspecified atom stereocenters. The molecule has 0 aromatic carbocycles. The summed E-state index contributed by atoms with van der Waals surface area (Å²) in [5.41, 5.74) is 1.56. The van der Waals surface area contributed by atoms with E-state index in [1.54, 1.807) is 25.6 Å². The smallest absolute Gasteiger partial charge is 0.269 e. The molecule has 136 valence electrons. The third-order valence-electron chi connectivity index (χ3n) is 4.14. The summed E-state index contributed by atoms with van der Waals surface area (Å²) in [6, 6.07) is 0. The first-order chi connectivity index (χ1) is 11.2. The van der Waals surface area contributed by atoms with Crippen molar-refractivity contribution in [2.75, 3.05) is 20.3 Å². The summed E-state index contributed by atoms with van der Waals surface area (Å²) in [6.45, 7) is 8.82. The van der Waals surface area contributed by atoms with Crippen molar-refractivity contribution in [1.82, 2.24) is 15.1 Å². The number of fused-ring (bicyclic) bond motifs is 1. The van der Waals surface area contributed by atoms with Gasteiger partial charge in [0.2, 0.25) is 0 Å². The second-order valence-corrected chi connectivity index (χ2v) is 7.04. The van der Waals surface area contributed by atoms with Crippen LogP contribution in [0.25, 0.3) is 0 Å². The van der Waals surface area contributed by atoms with E-state index >= 15 is 0 Å². The van der Waals surface area contributed by atoms with Crippen LogP contribution in [0.15, 0.2) is 0 Å². The Morgan fingerprint density at radius 1 is 1.50 bits per heavy atom. The maximum Gasteiger partial charge on any atom is 0.269 e. The van der Waals surface area contributed by atoms with Gasteiger partial charge in [-0.15, -0.1) is 0 Å². The molecule has 2 heterocycles. The van der Waals surface area contributed by atoms with E-state index in [0.29, 0.717) is 38.2 Å². The van der Waals surface area contributed by atoms with Gasteiger partial charge >= 0.3 is 0 Å². The highest BCUT2D eigenvalue weighted by Gasteiger charge is 2.32. The van der Waals surface area contributed by atoms with Crippen LogP contribution in [0.2, 0.25) is 0 Å². The molecular formula is C17H29N3O4. The quantitative estimate of drug-likeness (QED) is 0.785. The summed E-state index contributed by atoms with van der Waals surface area (Å²) in [5.74, 6) is -0.162. The molecule has 1 aromatic rings. The number of carbonyl (C=O) groups excluding carboxylic acids is 1. The number of methoxy groups -OCH3 is 1. The van der Waals surface area contributed by atoms with Gasteiger partial charge in [-0.05, 0) is 34.1 Å². The second kappa shape index (κ2) is 7.63. The molecule has 0 saturated heterocycles. The van der Waals surface area contributed by atoms with E-state index in [1.807, 2.05) is 13.8 Å². The van der Waals surface area contributed by atoms with Gasteiger partial charge in [-0.3, -0.25) is 9.48 Å². The number of aliphatic hydroxyl groups is 1. The Kier molecular flexibility index (Phi) is 6.01. The van der Waals surface area contributed by atoms with Crippen molar-refractivity contribution >= 4 is 5.91 Å². The van der Waals surface area contributed by atoms with E-state index in [4.69, 9.17) is 9.47 Å². The topological polar surface area (TPSA) is 85.6 Å². The lowest BCUT2D eigenvalue weighted by Crippen LogP contribution is -2.33. The Balaban J connectivity index is 2.23. The monoisotopic (exact) mass is 339 g/mol. The maximum atomic E-state index is 12.7. The fourth-order valence-corrected chi connectivity index (χ4v) is 2.95. The van der Waals surface area contributed by atoms with E-state index in [2.05, 4.69) is 10.4 Å². The minimum atomic E-state index is -0.806. The van der Waals surface area contributed by atoms with Gasteiger partial charge in [-0.1, -0.05) is 0 Å². The van der Waals surface area contributed by atoms with Gasteiger partial charge in [0.15, 0.2) is 0 Å². The third kappa shape index (κ3) is 4.55. The molecule has 1 aromatic heterocycles. The predicted octanol–water partition coefficient (Wildman–Crippen LogP) is 1.44. The van der Waals surface area contributed by atoms with E-state index < -0.39 is 5.60 Å². The standard InChI is InChI=1S/C17H29N3O4/c1-11-10-13-14(12(2)24-11)19-20(8-9-23-5)15(13)16(21)18-7-6-17(3,4)22/h11-12,22H,6-10H2,1-5H3,(H,18,21)/t11-,12+/m0/s1. The van der Waals surface area contributed by atoms with Crippen molar-refractivity contribution in [2.24, 2.45) is 0 Å². The summed E-state index contributed by atoms with van der Waals surface area (Å²) in [4.78, 5) is 12.7. The van der Waals surface area contributed by atoms with Gasteiger partial charge < -0.3 is 19.9 Å². The summed E-state index contributed by atoms with van der Waals surface area (Å²) in [7, 11) is 1.63. The van der Waals surface area contributed by atoms with E-state index in [9.17, 15) is 9.90 Å². The number of nitrogens with one attached hydrogen (secondary N) is 1. The highest BCUT2D eigenvalue weighted by molar-refractivity contribution is 5.94. The molecule has 2 N–H and O–H groups in total. The lowest BCUT2D eigenvalue weighted by Gasteiger charge is -2.24. The Morgan fingerprint density at radius 3 is 2.83 bits per heavy atom. The van der Waals surface area contributed by atoms with Crippen LogP contribution in [0.4, 0.5) is 0 Å². The number of hydrogen-bond acceptors (Lipinski definition) is 5. The van der Waals surface area contributed by atoms with Gasteiger partial charge in [0.05, 0.1) is 36.7 Å². The number of amides is 1. The molecule has 2 atom stereocenters. The molecule has 0 fully saturated rings. The number of carbonyl (C=O) groups is 1. The Hall–Kier alpha value is -1.44. The van der Waals surface area contributed by atoms with Gasteiger partial charge in [0.1, 0.15) is 5.69 Å². The SMILES string of the molecule is COCCn1nc2c(c1C(=O)NCCC(C)(C)O)C[C@H](C)O[C@@H]2C. The number of aromatic nitrogens is 2. The molecule has 0 bridgehead atoms. The number of ether oxygens (including phenoxy) is 2. The van der Waals surface area contributed by atoms with Crippen molar-refractivity contribution < 1.29 is 19.4 Å². The molecule has 0 radical (unpaired) electrons. The summed E-state index contributed by atoms with van der Waals surface area (Å²) >= 11 is 0. The van der Waals surface area contributed by atoms with Crippen LogP contribution in [0, 0.1) is 0 Å². The Bertz CT molecular complexity index is 577. The van der Waals surface area contributed by atoms with Crippen LogP contribution < -0.4 is 5.32 Å². The largest absolute Gasteiger partial charge is 0.390 e. The average Bonchev–Trinajstić information content (AvgIpc) is 2.82. The molecule has 2 rings (SSSR count). The van der Waals surface area contributed by atoms with Crippen molar-refractivity contribution in [3.8, 4) is 0 Å². The summed E-state index contributed by atoms with van der Waals surface area (Å²) in [5, 5.41) is 17.3. The first-order valence-corrected chi connectivity index (χ1v) is 8.47. The van der Waals surface area contributed by atoms with Crippen LogP contribution in [0.3, 0.4) is 0 Å². The van der Waals surface area contributed by atoms with Crippen molar-refractivity contribution in [3.05, 3.63) is 17.0 Å². The molecule has 1 aliphatic rings. The van der Waals surface area contributed by atoms with Crippen molar-refractivity contribution in [1.29, 1.82) is 0 Å². The Morgan fingerprint density at radius 2 is 2.21 bits per heavy atom. The zero-order chi connectivity index (χ0) is 17.9. The molecule has 1 aliphatic heterocycles. The van der Waals surface area contributed by atoms with Crippen molar-refractivity contribution in [2.45, 2.75) is 64.9 Å². The zero-order valence-corrected chi connectivity index (χ0v) is 15.3. The van der Waals surface area contributed by atoms with E-state index in [1.165, 1.54) is 0 Å². The molecular weight excluding hydrogens is 310 g/mol. The molecule has 1 amide bonds.